The average Bonchev–Trinajstić information content (AvgIpc) is 2.30. The van der Waals surface area contributed by atoms with Crippen molar-refractivity contribution < 1.29 is 14.6 Å². The molecule has 0 saturated carbocycles. The van der Waals surface area contributed by atoms with Crippen molar-refractivity contribution in [3.05, 3.63) is 0 Å². The summed E-state index contributed by atoms with van der Waals surface area (Å²) in [6.45, 7) is 9.11. The Morgan fingerprint density at radius 2 is 1.71 bits per heavy atom. The second kappa shape index (κ2) is 11.0. The molecule has 0 spiro atoms. The molecule has 3 heteroatoms. The van der Waals surface area contributed by atoms with Gasteiger partial charge in [-0.05, 0) is 27.2 Å². The molecule has 0 aromatic carbocycles. The summed E-state index contributed by atoms with van der Waals surface area (Å²) >= 11 is 0. The van der Waals surface area contributed by atoms with E-state index in [1.165, 1.54) is 25.7 Å². The highest BCUT2D eigenvalue weighted by molar-refractivity contribution is 4.67. The normalized spacial score (nSPS) is 16.8. The van der Waals surface area contributed by atoms with Crippen molar-refractivity contribution >= 4 is 0 Å². The maximum atomic E-state index is 9.19. The summed E-state index contributed by atoms with van der Waals surface area (Å²) in [5.41, 5.74) is 0. The van der Waals surface area contributed by atoms with E-state index in [1.807, 2.05) is 13.8 Å². The minimum absolute atomic E-state index is 0.0613. The third kappa shape index (κ3) is 9.57. The van der Waals surface area contributed by atoms with Crippen LogP contribution in [0.1, 0.15) is 59.8 Å². The lowest BCUT2D eigenvalue weighted by atomic mass is 10.1. The van der Waals surface area contributed by atoms with Crippen molar-refractivity contribution in [3.8, 4) is 0 Å². The molecule has 3 atom stereocenters. The molecule has 0 aromatic rings. The highest BCUT2D eigenvalue weighted by Gasteiger charge is 2.18. The Hall–Kier alpha value is -0.120. The molecule has 0 heterocycles. The SMILES string of the molecule is CCCCCCC(OCC)C(C)OCC(C)O. The molecular formula is C14H30O3. The minimum Gasteiger partial charge on any atom is -0.391 e. The number of unbranched alkanes of at least 4 members (excludes halogenated alkanes) is 3. The van der Waals surface area contributed by atoms with E-state index in [9.17, 15) is 5.11 Å². The Morgan fingerprint density at radius 3 is 2.24 bits per heavy atom. The van der Waals surface area contributed by atoms with Gasteiger partial charge in [-0.3, -0.25) is 0 Å². The Balaban J connectivity index is 3.84. The predicted octanol–water partition coefficient (Wildman–Crippen LogP) is 3.15. The quantitative estimate of drug-likeness (QED) is 0.569. The van der Waals surface area contributed by atoms with Crippen LogP contribution in [-0.4, -0.2) is 36.6 Å². The molecule has 3 unspecified atom stereocenters. The standard InChI is InChI=1S/C14H30O3/c1-5-7-8-9-10-14(16-6-2)13(4)17-11-12(3)15/h12-15H,5-11H2,1-4H3. The van der Waals surface area contributed by atoms with Crippen molar-refractivity contribution in [1.29, 1.82) is 0 Å². The van der Waals surface area contributed by atoms with Gasteiger partial charge in [0.1, 0.15) is 0 Å². The molecule has 0 fully saturated rings. The highest BCUT2D eigenvalue weighted by atomic mass is 16.5. The fourth-order valence-corrected chi connectivity index (χ4v) is 1.84. The maximum absolute atomic E-state index is 9.19. The van der Waals surface area contributed by atoms with E-state index < -0.39 is 6.10 Å². The number of ether oxygens (including phenoxy) is 2. The second-order valence-electron chi connectivity index (χ2n) is 4.73. The van der Waals surface area contributed by atoms with Gasteiger partial charge in [0.05, 0.1) is 24.9 Å². The predicted molar refractivity (Wildman–Crippen MR) is 71.3 cm³/mol. The molecule has 0 aromatic heterocycles. The van der Waals surface area contributed by atoms with E-state index in [-0.39, 0.29) is 12.2 Å². The maximum Gasteiger partial charge on any atom is 0.0833 e. The number of hydrogen-bond acceptors (Lipinski definition) is 3. The van der Waals surface area contributed by atoms with Crippen LogP contribution in [0.3, 0.4) is 0 Å². The minimum atomic E-state index is -0.403. The first kappa shape index (κ1) is 16.9. The van der Waals surface area contributed by atoms with Gasteiger partial charge >= 0.3 is 0 Å². The highest BCUT2D eigenvalue weighted by Crippen LogP contribution is 2.14. The number of aliphatic hydroxyl groups excluding tert-OH is 1. The summed E-state index contributed by atoms with van der Waals surface area (Å²) in [5.74, 6) is 0. The molecule has 0 amide bonds. The number of rotatable bonds is 11. The third-order valence-corrected chi connectivity index (χ3v) is 2.85. The van der Waals surface area contributed by atoms with Crippen LogP contribution in [0.15, 0.2) is 0 Å². The van der Waals surface area contributed by atoms with E-state index in [0.717, 1.165) is 13.0 Å². The van der Waals surface area contributed by atoms with Crippen LogP contribution in [-0.2, 0) is 9.47 Å². The molecule has 0 aliphatic heterocycles. The van der Waals surface area contributed by atoms with Crippen LogP contribution in [0.4, 0.5) is 0 Å². The van der Waals surface area contributed by atoms with E-state index in [1.54, 1.807) is 6.92 Å². The van der Waals surface area contributed by atoms with Gasteiger partial charge in [-0.25, -0.2) is 0 Å². The van der Waals surface area contributed by atoms with Crippen LogP contribution in [0.25, 0.3) is 0 Å². The van der Waals surface area contributed by atoms with Gasteiger partial charge in [0.15, 0.2) is 0 Å². The first-order valence-electron chi connectivity index (χ1n) is 7.03. The van der Waals surface area contributed by atoms with E-state index in [2.05, 4.69) is 6.92 Å². The average molecular weight is 246 g/mol. The zero-order valence-corrected chi connectivity index (χ0v) is 11.9. The Labute approximate surface area is 107 Å². The number of aliphatic hydroxyl groups is 1. The smallest absolute Gasteiger partial charge is 0.0833 e. The first-order valence-corrected chi connectivity index (χ1v) is 7.03. The Morgan fingerprint density at radius 1 is 1.00 bits per heavy atom. The lowest BCUT2D eigenvalue weighted by molar-refractivity contribution is -0.0825. The van der Waals surface area contributed by atoms with Crippen molar-refractivity contribution in [3.63, 3.8) is 0 Å². The zero-order chi connectivity index (χ0) is 13.1. The van der Waals surface area contributed by atoms with Gasteiger partial charge in [-0.2, -0.15) is 0 Å². The molecule has 1 N–H and O–H groups in total. The van der Waals surface area contributed by atoms with Gasteiger partial charge in [0.25, 0.3) is 0 Å². The summed E-state index contributed by atoms with van der Waals surface area (Å²) < 4.78 is 11.3. The van der Waals surface area contributed by atoms with Crippen LogP contribution in [0.5, 0.6) is 0 Å². The van der Waals surface area contributed by atoms with Crippen LogP contribution >= 0.6 is 0 Å². The molecule has 0 aliphatic rings. The fourth-order valence-electron chi connectivity index (χ4n) is 1.84. The van der Waals surface area contributed by atoms with Crippen LogP contribution < -0.4 is 0 Å². The van der Waals surface area contributed by atoms with Gasteiger partial charge < -0.3 is 14.6 Å². The van der Waals surface area contributed by atoms with Gasteiger partial charge in [0, 0.05) is 6.61 Å². The third-order valence-electron chi connectivity index (χ3n) is 2.85. The molecule has 0 aliphatic carbocycles. The zero-order valence-electron chi connectivity index (χ0n) is 11.9. The van der Waals surface area contributed by atoms with Crippen molar-refractivity contribution in [2.75, 3.05) is 13.2 Å². The molecule has 17 heavy (non-hydrogen) atoms. The second-order valence-corrected chi connectivity index (χ2v) is 4.73. The Bertz CT molecular complexity index is 160. The molecule has 0 bridgehead atoms. The van der Waals surface area contributed by atoms with E-state index in [4.69, 9.17) is 9.47 Å². The van der Waals surface area contributed by atoms with Crippen LogP contribution in [0.2, 0.25) is 0 Å². The number of hydrogen-bond donors (Lipinski definition) is 1. The van der Waals surface area contributed by atoms with E-state index >= 15 is 0 Å². The molecule has 0 radical (unpaired) electrons. The van der Waals surface area contributed by atoms with Gasteiger partial charge in [-0.15, -0.1) is 0 Å². The Kier molecular flexibility index (Phi) is 10.9. The largest absolute Gasteiger partial charge is 0.391 e. The summed E-state index contributed by atoms with van der Waals surface area (Å²) in [4.78, 5) is 0. The molecule has 0 saturated heterocycles. The lowest BCUT2D eigenvalue weighted by Crippen LogP contribution is -2.31. The first-order chi connectivity index (χ1) is 8.11. The van der Waals surface area contributed by atoms with E-state index in [0.29, 0.717) is 6.61 Å². The summed E-state index contributed by atoms with van der Waals surface area (Å²) in [7, 11) is 0. The summed E-state index contributed by atoms with van der Waals surface area (Å²) in [6, 6.07) is 0. The summed E-state index contributed by atoms with van der Waals surface area (Å²) in [6.07, 6.45) is 5.88. The monoisotopic (exact) mass is 246 g/mol. The van der Waals surface area contributed by atoms with Crippen molar-refractivity contribution in [2.24, 2.45) is 0 Å². The van der Waals surface area contributed by atoms with Crippen LogP contribution in [0, 0.1) is 0 Å². The topological polar surface area (TPSA) is 38.7 Å². The fraction of sp³-hybridized carbons (Fsp3) is 1.00. The van der Waals surface area contributed by atoms with Gasteiger partial charge in [0.2, 0.25) is 0 Å². The molecule has 104 valence electrons. The summed E-state index contributed by atoms with van der Waals surface area (Å²) in [5, 5.41) is 9.19. The van der Waals surface area contributed by atoms with Crippen molar-refractivity contribution in [2.45, 2.75) is 78.1 Å². The lowest BCUT2D eigenvalue weighted by Gasteiger charge is -2.24. The molecule has 0 rings (SSSR count). The molecule has 3 nitrogen and oxygen atoms in total. The van der Waals surface area contributed by atoms with Gasteiger partial charge in [-0.1, -0.05) is 32.6 Å². The van der Waals surface area contributed by atoms with Crippen molar-refractivity contribution in [1.82, 2.24) is 0 Å². The molecular weight excluding hydrogens is 216 g/mol.